The molecular weight excluding hydrogens is 405 g/mol. The maximum Gasteiger partial charge on any atom is 1.00 e. The Hall–Kier alpha value is 0.360. The molecule has 5 nitrogen and oxygen atoms in total. The monoisotopic (exact) mass is 426 g/mol. The van der Waals surface area contributed by atoms with Crippen LogP contribution in [0.2, 0.25) is 0 Å². The SMILES string of the molecule is C1CCNCC1.C1CCNCC1.O=S(=O)([O-])C(F)(F)F.[Ag+]. The minimum absolute atomic E-state index is 0. The zero-order chi connectivity index (χ0) is 15.5. The molecule has 2 aliphatic heterocycles. The second kappa shape index (κ2) is 12.9. The minimum atomic E-state index is -6.09. The smallest absolute Gasteiger partial charge is 0.741 e. The molecule has 0 radical (unpaired) electrons. The summed E-state index contributed by atoms with van der Waals surface area (Å²) in [5.74, 6) is 0. The predicted molar refractivity (Wildman–Crippen MR) is 69.2 cm³/mol. The summed E-state index contributed by atoms with van der Waals surface area (Å²) in [6.07, 6.45) is 8.43. The minimum Gasteiger partial charge on any atom is -0.741 e. The van der Waals surface area contributed by atoms with Gasteiger partial charge >= 0.3 is 27.9 Å². The second-order valence-electron chi connectivity index (χ2n) is 4.52. The van der Waals surface area contributed by atoms with Crippen LogP contribution >= 0.6 is 0 Å². The van der Waals surface area contributed by atoms with E-state index >= 15 is 0 Å². The van der Waals surface area contributed by atoms with Gasteiger partial charge in [0.25, 0.3) is 0 Å². The molecule has 2 rings (SSSR count). The van der Waals surface area contributed by atoms with Crippen LogP contribution in [-0.2, 0) is 32.5 Å². The molecule has 0 spiro atoms. The predicted octanol–water partition coefficient (Wildman–Crippen LogP) is 1.57. The van der Waals surface area contributed by atoms with Crippen LogP contribution in [0.4, 0.5) is 13.2 Å². The average molecular weight is 427 g/mol. The summed E-state index contributed by atoms with van der Waals surface area (Å²) in [6, 6.07) is 0. The van der Waals surface area contributed by atoms with E-state index in [0.717, 1.165) is 0 Å². The van der Waals surface area contributed by atoms with Gasteiger partial charge in [-0.15, -0.1) is 0 Å². The van der Waals surface area contributed by atoms with Gasteiger partial charge in [0.1, 0.15) is 0 Å². The molecule has 0 aliphatic carbocycles. The van der Waals surface area contributed by atoms with Crippen LogP contribution in [0.15, 0.2) is 0 Å². The van der Waals surface area contributed by atoms with Crippen molar-refractivity contribution >= 4 is 10.1 Å². The molecule has 2 N–H and O–H groups in total. The van der Waals surface area contributed by atoms with Crippen LogP contribution < -0.4 is 10.6 Å². The normalized spacial score (nSPS) is 19.0. The maximum absolute atomic E-state index is 10.7. The van der Waals surface area contributed by atoms with Crippen LogP contribution in [0.3, 0.4) is 0 Å². The second-order valence-corrected chi connectivity index (χ2v) is 5.89. The summed E-state index contributed by atoms with van der Waals surface area (Å²) < 4.78 is 58.9. The topological polar surface area (TPSA) is 81.3 Å². The fourth-order valence-electron chi connectivity index (χ4n) is 1.60. The Morgan fingerprint density at radius 3 is 1.05 bits per heavy atom. The molecular formula is C11H22AgF3N2O3S. The number of nitrogens with one attached hydrogen (secondary N) is 2. The van der Waals surface area contributed by atoms with E-state index in [1.807, 2.05) is 0 Å². The van der Waals surface area contributed by atoms with Crippen molar-refractivity contribution in [2.24, 2.45) is 0 Å². The first kappa shape index (κ1) is 23.6. The van der Waals surface area contributed by atoms with Crippen molar-refractivity contribution in [3.63, 3.8) is 0 Å². The Bertz CT molecular complexity index is 297. The largest absolute Gasteiger partial charge is 1.00 e. The van der Waals surface area contributed by atoms with Crippen LogP contribution in [0.25, 0.3) is 0 Å². The molecule has 21 heavy (non-hydrogen) atoms. The van der Waals surface area contributed by atoms with Gasteiger partial charge in [-0.3, -0.25) is 0 Å². The molecule has 0 bridgehead atoms. The summed E-state index contributed by atoms with van der Waals surface area (Å²) in [5, 5.41) is 6.57. The average Bonchev–Trinajstić information content (AvgIpc) is 2.42. The van der Waals surface area contributed by atoms with Gasteiger partial charge in [0.2, 0.25) is 0 Å². The Balaban J connectivity index is 0. The third-order valence-electron chi connectivity index (χ3n) is 2.70. The van der Waals surface area contributed by atoms with Gasteiger partial charge in [-0.25, -0.2) is 8.42 Å². The molecule has 0 unspecified atom stereocenters. The first-order valence-corrected chi connectivity index (χ1v) is 8.09. The summed E-state index contributed by atoms with van der Waals surface area (Å²) >= 11 is 0. The molecule has 0 aromatic rings. The van der Waals surface area contributed by atoms with Crippen molar-refractivity contribution in [1.29, 1.82) is 0 Å². The van der Waals surface area contributed by atoms with Crippen LogP contribution in [0, 0.1) is 0 Å². The molecule has 2 saturated heterocycles. The Kier molecular flexibility index (Phi) is 14.5. The fourth-order valence-corrected chi connectivity index (χ4v) is 1.60. The molecule has 2 aliphatic rings. The van der Waals surface area contributed by atoms with E-state index in [4.69, 9.17) is 13.0 Å². The van der Waals surface area contributed by atoms with Crippen molar-refractivity contribution in [1.82, 2.24) is 10.6 Å². The van der Waals surface area contributed by atoms with E-state index in [1.165, 1.54) is 64.7 Å². The zero-order valence-corrected chi connectivity index (χ0v) is 13.9. The van der Waals surface area contributed by atoms with E-state index < -0.39 is 15.6 Å². The zero-order valence-electron chi connectivity index (χ0n) is 11.6. The summed E-state index contributed by atoms with van der Waals surface area (Å²) in [4.78, 5) is 0. The van der Waals surface area contributed by atoms with Gasteiger partial charge in [0.05, 0.1) is 0 Å². The van der Waals surface area contributed by atoms with Crippen molar-refractivity contribution < 1.29 is 48.5 Å². The third kappa shape index (κ3) is 15.0. The summed E-state index contributed by atoms with van der Waals surface area (Å²) in [6.45, 7) is 5.00. The third-order valence-corrected chi connectivity index (χ3v) is 3.26. The maximum atomic E-state index is 10.7. The first-order valence-electron chi connectivity index (χ1n) is 6.69. The number of piperidine rings is 2. The van der Waals surface area contributed by atoms with Gasteiger partial charge in [0.15, 0.2) is 10.1 Å². The molecule has 0 atom stereocenters. The van der Waals surface area contributed by atoms with Crippen molar-refractivity contribution in [2.75, 3.05) is 26.2 Å². The van der Waals surface area contributed by atoms with Gasteiger partial charge < -0.3 is 15.2 Å². The summed E-state index contributed by atoms with van der Waals surface area (Å²) in [7, 11) is -6.09. The fraction of sp³-hybridized carbons (Fsp3) is 1.00. The van der Waals surface area contributed by atoms with Gasteiger partial charge in [-0.2, -0.15) is 13.2 Å². The molecule has 0 amide bonds. The Morgan fingerprint density at radius 1 is 0.762 bits per heavy atom. The number of hydrogen-bond acceptors (Lipinski definition) is 5. The van der Waals surface area contributed by atoms with E-state index in [1.54, 1.807) is 0 Å². The standard InChI is InChI=1S/2C5H11N.CHF3O3S.Ag/c2*1-2-4-6-5-3-1;2-1(3,4)8(5,6)7;/h2*6H,1-5H2;(H,5,6,7);/q;;;+1/p-1. The Labute approximate surface area is 139 Å². The van der Waals surface area contributed by atoms with E-state index in [-0.39, 0.29) is 22.4 Å². The van der Waals surface area contributed by atoms with Crippen molar-refractivity contribution in [3.05, 3.63) is 0 Å². The number of rotatable bonds is 0. The number of halogens is 3. The molecule has 0 aromatic carbocycles. The summed E-state index contributed by atoms with van der Waals surface area (Å²) in [5.41, 5.74) is -5.65. The quantitative estimate of drug-likeness (QED) is 0.349. The van der Waals surface area contributed by atoms with Crippen LogP contribution in [0.5, 0.6) is 0 Å². The van der Waals surface area contributed by atoms with Crippen LogP contribution in [-0.4, -0.2) is 44.7 Å². The van der Waals surface area contributed by atoms with E-state index in [0.29, 0.717) is 0 Å². The number of hydrogen-bond donors (Lipinski definition) is 2. The molecule has 2 heterocycles. The molecule has 0 saturated carbocycles. The number of alkyl halides is 3. The first-order chi connectivity index (χ1) is 9.25. The van der Waals surface area contributed by atoms with Crippen LogP contribution in [0.1, 0.15) is 38.5 Å². The van der Waals surface area contributed by atoms with Gasteiger partial charge in [-0.1, -0.05) is 12.8 Å². The molecule has 2 fully saturated rings. The molecule has 10 heteroatoms. The van der Waals surface area contributed by atoms with Crippen molar-refractivity contribution in [2.45, 2.75) is 44.0 Å². The Morgan fingerprint density at radius 2 is 1.00 bits per heavy atom. The van der Waals surface area contributed by atoms with E-state index in [9.17, 15) is 13.2 Å². The molecule has 0 aromatic heterocycles. The van der Waals surface area contributed by atoms with E-state index in [2.05, 4.69) is 10.6 Å². The van der Waals surface area contributed by atoms with Crippen molar-refractivity contribution in [3.8, 4) is 0 Å². The van der Waals surface area contributed by atoms with Gasteiger partial charge in [0, 0.05) is 0 Å². The van der Waals surface area contributed by atoms with Gasteiger partial charge in [-0.05, 0) is 51.9 Å². The molecule has 132 valence electrons.